The smallest absolute Gasteiger partial charge is 0.297 e. The number of anilines is 1. The third-order valence-electron chi connectivity index (χ3n) is 1.98. The molecule has 0 fully saturated rings. The third-order valence-corrected chi connectivity index (χ3v) is 1.98. The van der Waals surface area contributed by atoms with Crippen molar-refractivity contribution in [2.24, 2.45) is 0 Å². The number of aromatic nitrogens is 1. The molecule has 0 atom stereocenters. The van der Waals surface area contributed by atoms with Crippen LogP contribution in [0.25, 0.3) is 0 Å². The number of halogens is 1. The van der Waals surface area contributed by atoms with Crippen LogP contribution in [0.4, 0.5) is 10.4 Å². The Labute approximate surface area is 75.9 Å². The van der Waals surface area contributed by atoms with Gasteiger partial charge in [-0.3, -0.25) is 0 Å². The van der Waals surface area contributed by atoms with Gasteiger partial charge < -0.3 is 9.32 Å². The normalized spacial score (nSPS) is 17.4. The van der Waals surface area contributed by atoms with Gasteiger partial charge >= 0.3 is 0 Å². The van der Waals surface area contributed by atoms with Crippen LogP contribution < -0.4 is 4.90 Å². The Kier molecular flexibility index (Phi) is 2.04. The van der Waals surface area contributed by atoms with E-state index < -0.39 is 0 Å². The molecule has 0 aliphatic carbocycles. The molecular weight excluding hydrogens is 171 g/mol. The summed E-state index contributed by atoms with van der Waals surface area (Å²) in [7, 11) is 0. The van der Waals surface area contributed by atoms with E-state index in [4.69, 9.17) is 4.42 Å². The summed E-state index contributed by atoms with van der Waals surface area (Å²) in [5.74, 6) is -0.109. The van der Waals surface area contributed by atoms with Crippen molar-refractivity contribution in [2.45, 2.75) is 13.3 Å². The number of oxazole rings is 1. The molecule has 4 heteroatoms. The Balaban J connectivity index is 2.14. The van der Waals surface area contributed by atoms with Crippen molar-refractivity contribution in [3.63, 3.8) is 0 Å². The van der Waals surface area contributed by atoms with E-state index in [1.165, 1.54) is 0 Å². The third kappa shape index (κ3) is 1.71. The number of hydrogen-bond donors (Lipinski definition) is 0. The molecule has 0 amide bonds. The number of rotatable bonds is 1. The van der Waals surface area contributed by atoms with Crippen LogP contribution in [0.15, 0.2) is 22.6 Å². The van der Waals surface area contributed by atoms with E-state index in [9.17, 15) is 4.39 Å². The van der Waals surface area contributed by atoms with Gasteiger partial charge in [0.1, 0.15) is 12.1 Å². The van der Waals surface area contributed by atoms with Crippen LogP contribution in [-0.2, 0) is 0 Å². The molecule has 70 valence electrons. The first-order valence-electron chi connectivity index (χ1n) is 4.27. The van der Waals surface area contributed by atoms with Crippen LogP contribution in [-0.4, -0.2) is 18.1 Å². The van der Waals surface area contributed by atoms with E-state index in [-0.39, 0.29) is 12.4 Å². The molecule has 0 radical (unpaired) electrons. The summed E-state index contributed by atoms with van der Waals surface area (Å²) in [6.07, 6.45) is 3.89. The lowest BCUT2D eigenvalue weighted by Gasteiger charge is -2.22. The molecule has 0 saturated carbocycles. The fourth-order valence-corrected chi connectivity index (χ4v) is 1.35. The summed E-state index contributed by atoms with van der Waals surface area (Å²) >= 11 is 0. The predicted molar refractivity (Wildman–Crippen MR) is 47.3 cm³/mol. The van der Waals surface area contributed by atoms with Gasteiger partial charge in [-0.1, -0.05) is 0 Å². The lowest BCUT2D eigenvalue weighted by atomic mass is 10.2. The van der Waals surface area contributed by atoms with Gasteiger partial charge in [0, 0.05) is 6.54 Å². The first kappa shape index (κ1) is 8.29. The van der Waals surface area contributed by atoms with E-state index >= 15 is 0 Å². The highest BCUT2D eigenvalue weighted by Crippen LogP contribution is 2.18. The molecule has 0 aromatic carbocycles. The maximum atomic E-state index is 12.9. The summed E-state index contributed by atoms with van der Waals surface area (Å²) in [4.78, 5) is 5.93. The van der Waals surface area contributed by atoms with Crippen molar-refractivity contribution in [1.29, 1.82) is 0 Å². The molecule has 0 bridgehead atoms. The second-order valence-corrected chi connectivity index (χ2v) is 3.13. The maximum Gasteiger partial charge on any atom is 0.297 e. The fraction of sp³-hybridized carbons (Fsp3) is 0.444. The van der Waals surface area contributed by atoms with Crippen LogP contribution >= 0.6 is 0 Å². The first-order chi connectivity index (χ1) is 6.25. The van der Waals surface area contributed by atoms with E-state index in [0.717, 1.165) is 12.2 Å². The molecular formula is C9H11FN2O. The van der Waals surface area contributed by atoms with Crippen LogP contribution in [0.3, 0.4) is 0 Å². The molecule has 0 N–H and O–H groups in total. The molecule has 1 aliphatic heterocycles. The second kappa shape index (κ2) is 3.20. The predicted octanol–water partition coefficient (Wildman–Crippen LogP) is 2.05. The number of hydrogen-bond acceptors (Lipinski definition) is 3. The summed E-state index contributed by atoms with van der Waals surface area (Å²) in [5, 5.41) is 0. The quantitative estimate of drug-likeness (QED) is 0.665. The maximum absolute atomic E-state index is 12.9. The lowest BCUT2D eigenvalue weighted by molar-refractivity contribution is 0.508. The standard InChI is InChI=1S/C9H11FN2O/c1-7-6-13-9(11-7)12-4-2-3-8(10)5-12/h3,6H,2,4-5H2,1H3. The number of aryl methyl sites for hydroxylation is 1. The Morgan fingerprint density at radius 3 is 3.08 bits per heavy atom. The minimum Gasteiger partial charge on any atom is -0.432 e. The van der Waals surface area contributed by atoms with Gasteiger partial charge in [-0.25, -0.2) is 4.39 Å². The largest absolute Gasteiger partial charge is 0.432 e. The summed E-state index contributed by atoms with van der Waals surface area (Å²) in [5.41, 5.74) is 0.824. The topological polar surface area (TPSA) is 29.3 Å². The molecule has 0 unspecified atom stereocenters. The van der Waals surface area contributed by atoms with E-state index in [2.05, 4.69) is 4.98 Å². The van der Waals surface area contributed by atoms with Gasteiger partial charge in [0.25, 0.3) is 6.01 Å². The highest BCUT2D eigenvalue weighted by molar-refractivity contribution is 5.31. The van der Waals surface area contributed by atoms with Crippen molar-refractivity contribution in [2.75, 3.05) is 18.0 Å². The van der Waals surface area contributed by atoms with Crippen LogP contribution in [0.1, 0.15) is 12.1 Å². The average Bonchev–Trinajstić information content (AvgIpc) is 2.52. The molecule has 13 heavy (non-hydrogen) atoms. The van der Waals surface area contributed by atoms with Crippen LogP contribution in [0, 0.1) is 6.92 Å². The first-order valence-corrected chi connectivity index (χ1v) is 4.27. The summed E-state index contributed by atoms with van der Waals surface area (Å²) in [6.45, 7) is 2.90. The van der Waals surface area contributed by atoms with Gasteiger partial charge in [0.15, 0.2) is 0 Å². The average molecular weight is 182 g/mol. The Morgan fingerprint density at radius 1 is 1.62 bits per heavy atom. The summed E-state index contributed by atoms with van der Waals surface area (Å²) in [6, 6.07) is 0.515. The Morgan fingerprint density at radius 2 is 2.46 bits per heavy atom. The van der Waals surface area contributed by atoms with Gasteiger partial charge in [-0.2, -0.15) is 4.98 Å². The van der Waals surface area contributed by atoms with Crippen LogP contribution in [0.5, 0.6) is 0 Å². The molecule has 3 nitrogen and oxygen atoms in total. The van der Waals surface area contributed by atoms with Gasteiger partial charge in [0.2, 0.25) is 0 Å². The van der Waals surface area contributed by atoms with Crippen molar-refractivity contribution in [1.82, 2.24) is 4.98 Å². The van der Waals surface area contributed by atoms with Crippen LogP contribution in [0.2, 0.25) is 0 Å². The molecule has 1 aliphatic rings. The van der Waals surface area contributed by atoms with E-state index in [0.29, 0.717) is 12.4 Å². The zero-order valence-corrected chi connectivity index (χ0v) is 7.46. The SMILES string of the molecule is Cc1coc(N2CCC=C(F)C2)n1. The second-order valence-electron chi connectivity index (χ2n) is 3.13. The number of nitrogens with zero attached hydrogens (tertiary/aromatic N) is 2. The molecule has 2 rings (SSSR count). The molecule has 1 aromatic heterocycles. The van der Waals surface area contributed by atoms with Gasteiger partial charge in [0.05, 0.1) is 12.2 Å². The zero-order chi connectivity index (χ0) is 9.26. The monoisotopic (exact) mass is 182 g/mol. The highest BCUT2D eigenvalue weighted by Gasteiger charge is 2.16. The van der Waals surface area contributed by atoms with Gasteiger partial charge in [-0.05, 0) is 19.4 Å². The van der Waals surface area contributed by atoms with Crippen molar-refractivity contribution < 1.29 is 8.81 Å². The minimum absolute atomic E-state index is 0.109. The van der Waals surface area contributed by atoms with Gasteiger partial charge in [-0.15, -0.1) is 0 Å². The van der Waals surface area contributed by atoms with Crippen molar-refractivity contribution in [3.8, 4) is 0 Å². The lowest BCUT2D eigenvalue weighted by Crippen LogP contribution is -2.28. The fourth-order valence-electron chi connectivity index (χ4n) is 1.35. The van der Waals surface area contributed by atoms with Crippen molar-refractivity contribution >= 4 is 6.01 Å². The zero-order valence-electron chi connectivity index (χ0n) is 7.46. The molecule has 0 saturated heterocycles. The molecule has 2 heterocycles. The van der Waals surface area contributed by atoms with E-state index in [1.54, 1.807) is 17.2 Å². The summed E-state index contributed by atoms with van der Waals surface area (Å²) < 4.78 is 18.0. The molecule has 1 aromatic rings. The van der Waals surface area contributed by atoms with E-state index in [1.807, 2.05) is 6.92 Å². The highest BCUT2D eigenvalue weighted by atomic mass is 19.1. The van der Waals surface area contributed by atoms with Crippen molar-refractivity contribution in [3.05, 3.63) is 23.9 Å². The minimum atomic E-state index is -0.109. The Bertz CT molecular complexity index is 332. The Hall–Kier alpha value is -1.32. The molecule has 0 spiro atoms.